The Morgan fingerprint density at radius 1 is 0.864 bits per heavy atom. The van der Waals surface area contributed by atoms with Crippen LogP contribution in [-0.4, -0.2) is 8.32 Å². The molecule has 0 bridgehead atoms. The molecule has 0 atom stereocenters. The van der Waals surface area contributed by atoms with E-state index in [4.69, 9.17) is 4.43 Å². The summed E-state index contributed by atoms with van der Waals surface area (Å²) in [5.41, 5.74) is 2.40. The van der Waals surface area contributed by atoms with Crippen LogP contribution in [0.1, 0.15) is 37.8 Å². The molecule has 1 aliphatic heterocycles. The van der Waals surface area contributed by atoms with Crippen molar-refractivity contribution in [3.8, 4) is 0 Å². The maximum Gasteiger partial charge on any atom is 0.194 e. The van der Waals surface area contributed by atoms with E-state index in [1.165, 1.54) is 35.7 Å². The van der Waals surface area contributed by atoms with Crippen LogP contribution >= 0.6 is 0 Å². The highest BCUT2D eigenvalue weighted by Crippen LogP contribution is 2.47. The third-order valence-corrected chi connectivity index (χ3v) is 9.94. The van der Waals surface area contributed by atoms with E-state index in [1.807, 2.05) is 0 Å². The van der Waals surface area contributed by atoms with Crippen molar-refractivity contribution in [2.75, 3.05) is 0 Å². The molecule has 1 saturated heterocycles. The molecule has 1 nitrogen and oxygen atoms in total. The molecule has 0 spiro atoms. The first kappa shape index (κ1) is 15.5. The molecule has 0 unspecified atom stereocenters. The molecular weight excluding hydrogens is 284 g/mol. The van der Waals surface area contributed by atoms with Crippen molar-refractivity contribution in [1.82, 2.24) is 0 Å². The Bertz CT molecular complexity index is 550. The monoisotopic (exact) mass is 310 g/mol. The Labute approximate surface area is 135 Å². The van der Waals surface area contributed by atoms with Gasteiger partial charge in [0.2, 0.25) is 0 Å². The van der Waals surface area contributed by atoms with Crippen molar-refractivity contribution in [2.24, 2.45) is 0 Å². The van der Waals surface area contributed by atoms with Gasteiger partial charge in [-0.15, -0.1) is 0 Å². The van der Waals surface area contributed by atoms with Gasteiger partial charge in [-0.25, -0.2) is 0 Å². The minimum atomic E-state index is -1.63. The van der Waals surface area contributed by atoms with Gasteiger partial charge in [0.05, 0.1) is 0 Å². The van der Waals surface area contributed by atoms with Gasteiger partial charge in [-0.3, -0.25) is 0 Å². The molecule has 1 fully saturated rings. The minimum Gasteiger partial charge on any atom is -0.403 e. The van der Waals surface area contributed by atoms with Gasteiger partial charge in [0.1, 0.15) is 5.60 Å². The van der Waals surface area contributed by atoms with Crippen LogP contribution in [0.2, 0.25) is 18.1 Å². The van der Waals surface area contributed by atoms with Gasteiger partial charge in [0, 0.05) is 0 Å². The lowest BCUT2D eigenvalue weighted by atomic mass is 9.83. The Balaban J connectivity index is 2.12. The zero-order valence-corrected chi connectivity index (χ0v) is 14.7. The minimum absolute atomic E-state index is 0.237. The van der Waals surface area contributed by atoms with Crippen LogP contribution in [0.3, 0.4) is 0 Å². The standard InChI is InChI=1S/C20H26OSi/c1-3-22(4-2)17-11-16-20(21-22,18-12-7-5-8-13-18)19-14-9-6-10-15-19/h5-10,12-15H,3-4,11,16-17H2,1-2H3. The van der Waals surface area contributed by atoms with Gasteiger partial charge in [0.25, 0.3) is 0 Å². The Morgan fingerprint density at radius 2 is 1.36 bits per heavy atom. The van der Waals surface area contributed by atoms with Crippen molar-refractivity contribution >= 4 is 8.32 Å². The number of rotatable bonds is 4. The van der Waals surface area contributed by atoms with E-state index in [1.54, 1.807) is 0 Å². The summed E-state index contributed by atoms with van der Waals surface area (Å²) in [6, 6.07) is 25.4. The molecule has 1 aliphatic rings. The number of benzene rings is 2. The van der Waals surface area contributed by atoms with E-state index >= 15 is 0 Å². The quantitative estimate of drug-likeness (QED) is 0.656. The van der Waals surface area contributed by atoms with E-state index in [0.717, 1.165) is 6.42 Å². The lowest BCUT2D eigenvalue weighted by Gasteiger charge is -2.48. The first-order valence-electron chi connectivity index (χ1n) is 8.56. The van der Waals surface area contributed by atoms with E-state index in [2.05, 4.69) is 74.5 Å². The zero-order chi connectivity index (χ0) is 15.5. The molecule has 2 heteroatoms. The predicted molar refractivity (Wildman–Crippen MR) is 95.5 cm³/mol. The van der Waals surface area contributed by atoms with E-state index in [0.29, 0.717) is 0 Å². The maximum absolute atomic E-state index is 7.07. The van der Waals surface area contributed by atoms with Crippen molar-refractivity contribution in [1.29, 1.82) is 0 Å². The molecule has 0 aliphatic carbocycles. The second-order valence-corrected chi connectivity index (χ2v) is 10.9. The van der Waals surface area contributed by atoms with Crippen LogP contribution < -0.4 is 0 Å². The third kappa shape index (κ3) is 2.66. The summed E-state index contributed by atoms with van der Waals surface area (Å²) in [4.78, 5) is 0. The molecule has 0 radical (unpaired) electrons. The van der Waals surface area contributed by atoms with Gasteiger partial charge < -0.3 is 4.43 Å². The van der Waals surface area contributed by atoms with Gasteiger partial charge in [-0.05, 0) is 35.7 Å². The van der Waals surface area contributed by atoms with E-state index in [-0.39, 0.29) is 5.60 Å². The summed E-state index contributed by atoms with van der Waals surface area (Å²) in [6.45, 7) is 4.64. The average Bonchev–Trinajstić information content (AvgIpc) is 2.63. The van der Waals surface area contributed by atoms with Crippen LogP contribution in [-0.2, 0) is 10.0 Å². The number of hydrogen-bond acceptors (Lipinski definition) is 1. The SMILES string of the molecule is CC[Si]1(CC)CCCC(c2ccccc2)(c2ccccc2)O1. The summed E-state index contributed by atoms with van der Waals surface area (Å²) in [5.74, 6) is 0. The van der Waals surface area contributed by atoms with Gasteiger partial charge in [-0.2, -0.15) is 0 Å². The van der Waals surface area contributed by atoms with Crippen molar-refractivity contribution < 1.29 is 4.43 Å². The first-order chi connectivity index (χ1) is 10.7. The second-order valence-electron chi connectivity index (χ2n) is 6.40. The first-order valence-corrected chi connectivity index (χ1v) is 11.1. The third-order valence-electron chi connectivity index (χ3n) is 5.32. The summed E-state index contributed by atoms with van der Waals surface area (Å²) < 4.78 is 7.07. The van der Waals surface area contributed by atoms with Crippen LogP contribution in [0.5, 0.6) is 0 Å². The van der Waals surface area contributed by atoms with Crippen LogP contribution in [0.15, 0.2) is 60.7 Å². The molecule has 0 N–H and O–H groups in total. The fraction of sp³-hybridized carbons (Fsp3) is 0.400. The highest BCUT2D eigenvalue weighted by Gasteiger charge is 2.47. The molecule has 0 amide bonds. The summed E-state index contributed by atoms with van der Waals surface area (Å²) in [7, 11) is -1.63. The molecular formula is C20H26OSi. The summed E-state index contributed by atoms with van der Waals surface area (Å²) in [6.07, 6.45) is 2.37. The molecule has 3 rings (SSSR count). The van der Waals surface area contributed by atoms with Crippen LogP contribution in [0, 0.1) is 0 Å². The predicted octanol–water partition coefficient (Wildman–Crippen LogP) is 5.73. The largest absolute Gasteiger partial charge is 0.403 e. The molecule has 2 aromatic carbocycles. The summed E-state index contributed by atoms with van der Waals surface area (Å²) in [5, 5.41) is 0. The van der Waals surface area contributed by atoms with Crippen molar-refractivity contribution in [3.63, 3.8) is 0 Å². The van der Waals surface area contributed by atoms with Crippen molar-refractivity contribution in [3.05, 3.63) is 71.8 Å². The molecule has 116 valence electrons. The Morgan fingerprint density at radius 3 is 1.82 bits per heavy atom. The van der Waals surface area contributed by atoms with Gasteiger partial charge in [-0.1, -0.05) is 80.9 Å². The van der Waals surface area contributed by atoms with Crippen LogP contribution in [0.25, 0.3) is 0 Å². The number of hydrogen-bond donors (Lipinski definition) is 0. The average molecular weight is 311 g/mol. The molecule has 1 heterocycles. The van der Waals surface area contributed by atoms with Crippen LogP contribution in [0.4, 0.5) is 0 Å². The Hall–Kier alpha value is -1.38. The van der Waals surface area contributed by atoms with Crippen molar-refractivity contribution in [2.45, 2.75) is 50.4 Å². The lowest BCUT2D eigenvalue weighted by Crippen LogP contribution is -2.50. The fourth-order valence-corrected chi connectivity index (χ4v) is 7.36. The normalized spacial score (nSPS) is 19.7. The molecule has 0 saturated carbocycles. The molecule has 0 aromatic heterocycles. The zero-order valence-electron chi connectivity index (χ0n) is 13.7. The maximum atomic E-state index is 7.07. The topological polar surface area (TPSA) is 9.23 Å². The van der Waals surface area contributed by atoms with Gasteiger partial charge in [0.15, 0.2) is 8.32 Å². The summed E-state index contributed by atoms with van der Waals surface area (Å²) >= 11 is 0. The highest BCUT2D eigenvalue weighted by atomic mass is 28.4. The lowest BCUT2D eigenvalue weighted by molar-refractivity contribution is 0.0682. The van der Waals surface area contributed by atoms with E-state index < -0.39 is 8.32 Å². The second kappa shape index (κ2) is 6.39. The molecule has 2 aromatic rings. The smallest absolute Gasteiger partial charge is 0.194 e. The fourth-order valence-electron chi connectivity index (χ4n) is 3.87. The molecule has 22 heavy (non-hydrogen) atoms. The highest BCUT2D eigenvalue weighted by molar-refractivity contribution is 6.73. The Kier molecular flexibility index (Phi) is 4.51. The van der Waals surface area contributed by atoms with E-state index in [9.17, 15) is 0 Å². The van der Waals surface area contributed by atoms with Gasteiger partial charge >= 0.3 is 0 Å².